The van der Waals surface area contributed by atoms with Crippen molar-refractivity contribution in [3.8, 4) is 5.69 Å². The fourth-order valence-corrected chi connectivity index (χ4v) is 3.27. The Morgan fingerprint density at radius 2 is 1.81 bits per heavy atom. The maximum Gasteiger partial charge on any atom is 0.416 e. The second-order valence-corrected chi connectivity index (χ2v) is 6.29. The lowest BCUT2D eigenvalue weighted by atomic mass is 10.1. The molecule has 0 spiro atoms. The molecule has 2 aromatic carbocycles. The highest BCUT2D eigenvalue weighted by molar-refractivity contribution is 6.32. The summed E-state index contributed by atoms with van der Waals surface area (Å²) in [6, 6.07) is 9.82. The number of pyridine rings is 1. The summed E-state index contributed by atoms with van der Waals surface area (Å²) in [5, 5.41) is 5.40. The predicted octanol–water partition coefficient (Wildman–Crippen LogP) is 4.55. The van der Waals surface area contributed by atoms with Gasteiger partial charge in [0.05, 0.1) is 21.8 Å². The van der Waals surface area contributed by atoms with Crippen LogP contribution in [0.5, 0.6) is 0 Å². The van der Waals surface area contributed by atoms with Crippen molar-refractivity contribution in [2.75, 3.05) is 0 Å². The van der Waals surface area contributed by atoms with Gasteiger partial charge < -0.3 is 0 Å². The van der Waals surface area contributed by atoms with Crippen LogP contribution in [0.1, 0.15) is 5.56 Å². The van der Waals surface area contributed by atoms with Crippen LogP contribution in [-0.4, -0.2) is 14.3 Å². The molecule has 0 N–H and O–H groups in total. The van der Waals surface area contributed by atoms with Crippen molar-refractivity contribution < 1.29 is 13.2 Å². The predicted molar refractivity (Wildman–Crippen MR) is 93.8 cm³/mol. The van der Waals surface area contributed by atoms with Gasteiger partial charge in [0.1, 0.15) is 0 Å². The molecule has 4 aromatic rings. The molecule has 132 valence electrons. The SMILES string of the molecule is Cn1cc2c(n1)c(=O)n(-c1ccccc1Cl)c1cc(C(F)(F)F)ccc21. The van der Waals surface area contributed by atoms with Crippen LogP contribution >= 0.6 is 11.6 Å². The van der Waals surface area contributed by atoms with Gasteiger partial charge in [-0.05, 0) is 24.3 Å². The van der Waals surface area contributed by atoms with E-state index in [9.17, 15) is 18.0 Å². The Balaban J connectivity index is 2.24. The van der Waals surface area contributed by atoms with Gasteiger partial charge in [0.25, 0.3) is 5.56 Å². The van der Waals surface area contributed by atoms with Crippen molar-refractivity contribution in [2.24, 2.45) is 7.05 Å². The van der Waals surface area contributed by atoms with E-state index in [2.05, 4.69) is 5.10 Å². The second kappa shape index (κ2) is 5.60. The van der Waals surface area contributed by atoms with Crippen LogP contribution in [-0.2, 0) is 13.2 Å². The Hall–Kier alpha value is -2.80. The van der Waals surface area contributed by atoms with Crippen LogP contribution < -0.4 is 5.56 Å². The van der Waals surface area contributed by atoms with Gasteiger partial charge in [-0.1, -0.05) is 29.8 Å². The monoisotopic (exact) mass is 377 g/mol. The molecule has 2 aromatic heterocycles. The summed E-state index contributed by atoms with van der Waals surface area (Å²) in [6.07, 6.45) is -2.91. The molecule has 2 heterocycles. The number of aryl methyl sites for hydroxylation is 1. The molecule has 0 aliphatic carbocycles. The van der Waals surface area contributed by atoms with Crippen LogP contribution in [0.25, 0.3) is 27.5 Å². The highest BCUT2D eigenvalue weighted by Gasteiger charge is 2.31. The summed E-state index contributed by atoms with van der Waals surface area (Å²) in [5.74, 6) is 0. The number of alkyl halides is 3. The average Bonchev–Trinajstić information content (AvgIpc) is 2.97. The van der Waals surface area contributed by atoms with Gasteiger partial charge in [-0.3, -0.25) is 14.0 Å². The Kier molecular flexibility index (Phi) is 3.59. The molecule has 4 nitrogen and oxygen atoms in total. The minimum absolute atomic E-state index is 0.124. The number of fused-ring (bicyclic) bond motifs is 3. The van der Waals surface area contributed by atoms with Crippen LogP contribution in [0.15, 0.2) is 53.5 Å². The number of halogens is 4. The number of benzene rings is 2. The van der Waals surface area contributed by atoms with Gasteiger partial charge in [0, 0.05) is 24.0 Å². The number of rotatable bonds is 1. The first-order chi connectivity index (χ1) is 12.3. The number of para-hydroxylation sites is 1. The van der Waals surface area contributed by atoms with E-state index >= 15 is 0 Å². The van der Waals surface area contributed by atoms with Crippen LogP contribution in [0.2, 0.25) is 5.02 Å². The Morgan fingerprint density at radius 3 is 2.50 bits per heavy atom. The number of aromatic nitrogens is 3. The van der Waals surface area contributed by atoms with Crippen molar-refractivity contribution in [3.63, 3.8) is 0 Å². The molecule has 0 unspecified atom stereocenters. The normalized spacial score (nSPS) is 12.2. The van der Waals surface area contributed by atoms with E-state index in [0.29, 0.717) is 16.5 Å². The summed E-state index contributed by atoms with van der Waals surface area (Å²) in [5.41, 5.74) is -0.775. The fraction of sp³-hybridized carbons (Fsp3) is 0.111. The molecular formula is C18H11ClF3N3O. The Labute approximate surface area is 150 Å². The molecule has 0 fully saturated rings. The van der Waals surface area contributed by atoms with Crippen molar-refractivity contribution in [2.45, 2.75) is 6.18 Å². The largest absolute Gasteiger partial charge is 0.416 e. The zero-order valence-electron chi connectivity index (χ0n) is 13.4. The van der Waals surface area contributed by atoms with Gasteiger partial charge in [-0.2, -0.15) is 18.3 Å². The smallest absolute Gasteiger partial charge is 0.274 e. The zero-order chi connectivity index (χ0) is 18.6. The molecule has 0 amide bonds. The third-order valence-electron chi connectivity index (χ3n) is 4.18. The van der Waals surface area contributed by atoms with Crippen LogP contribution in [0.3, 0.4) is 0 Å². The standard InChI is InChI=1S/C18H11ClF3N3O/c1-24-9-12-11-7-6-10(18(20,21)22)8-15(11)25(17(26)16(12)23-24)14-5-3-2-4-13(14)19/h2-9H,1H3. The lowest BCUT2D eigenvalue weighted by molar-refractivity contribution is -0.137. The molecule has 0 saturated carbocycles. The van der Waals surface area contributed by atoms with Crippen LogP contribution in [0, 0.1) is 0 Å². The second-order valence-electron chi connectivity index (χ2n) is 5.89. The molecule has 26 heavy (non-hydrogen) atoms. The molecule has 0 aliphatic heterocycles. The first-order valence-corrected chi connectivity index (χ1v) is 7.99. The molecule has 4 rings (SSSR count). The number of nitrogens with zero attached hydrogens (tertiary/aromatic N) is 3. The third kappa shape index (κ3) is 2.47. The van der Waals surface area contributed by atoms with E-state index in [1.165, 1.54) is 15.3 Å². The summed E-state index contributed by atoms with van der Waals surface area (Å²) >= 11 is 6.21. The summed E-state index contributed by atoms with van der Waals surface area (Å²) in [7, 11) is 1.65. The minimum atomic E-state index is -4.53. The van der Waals surface area contributed by atoms with Gasteiger partial charge >= 0.3 is 6.18 Å². The first kappa shape index (κ1) is 16.7. The quantitative estimate of drug-likeness (QED) is 0.488. The topological polar surface area (TPSA) is 39.8 Å². The number of hydrogen-bond donors (Lipinski definition) is 0. The lowest BCUT2D eigenvalue weighted by Gasteiger charge is -2.14. The van der Waals surface area contributed by atoms with Gasteiger partial charge in [-0.25, -0.2) is 0 Å². The third-order valence-corrected chi connectivity index (χ3v) is 4.50. The van der Waals surface area contributed by atoms with Gasteiger partial charge in [0.15, 0.2) is 5.52 Å². The Morgan fingerprint density at radius 1 is 1.08 bits per heavy atom. The van der Waals surface area contributed by atoms with Crippen molar-refractivity contribution in [3.05, 3.63) is 69.6 Å². The van der Waals surface area contributed by atoms with Crippen molar-refractivity contribution in [1.29, 1.82) is 0 Å². The molecule has 0 saturated heterocycles. The molecule has 0 bridgehead atoms. The maximum atomic E-state index is 13.2. The minimum Gasteiger partial charge on any atom is -0.274 e. The van der Waals surface area contributed by atoms with E-state index in [-0.39, 0.29) is 16.1 Å². The van der Waals surface area contributed by atoms with E-state index < -0.39 is 17.3 Å². The Bertz CT molecular complexity index is 1220. The highest BCUT2D eigenvalue weighted by Crippen LogP contribution is 2.34. The van der Waals surface area contributed by atoms with Gasteiger partial charge in [0.2, 0.25) is 0 Å². The van der Waals surface area contributed by atoms with Crippen molar-refractivity contribution >= 4 is 33.4 Å². The van der Waals surface area contributed by atoms with Gasteiger partial charge in [-0.15, -0.1) is 0 Å². The van der Waals surface area contributed by atoms with E-state index in [4.69, 9.17) is 11.6 Å². The highest BCUT2D eigenvalue weighted by atomic mass is 35.5. The van der Waals surface area contributed by atoms with E-state index in [0.717, 1.165) is 12.1 Å². The summed E-state index contributed by atoms with van der Waals surface area (Å²) < 4.78 is 42.3. The summed E-state index contributed by atoms with van der Waals surface area (Å²) in [4.78, 5) is 13.0. The molecule has 8 heteroatoms. The first-order valence-electron chi connectivity index (χ1n) is 7.61. The lowest BCUT2D eigenvalue weighted by Crippen LogP contribution is -2.20. The van der Waals surface area contributed by atoms with E-state index in [1.54, 1.807) is 37.5 Å². The fourth-order valence-electron chi connectivity index (χ4n) is 3.05. The van der Waals surface area contributed by atoms with E-state index in [1.807, 2.05) is 0 Å². The maximum absolute atomic E-state index is 13.2. The molecule has 0 atom stereocenters. The number of hydrogen-bond acceptors (Lipinski definition) is 2. The average molecular weight is 378 g/mol. The molecule has 0 radical (unpaired) electrons. The summed E-state index contributed by atoms with van der Waals surface area (Å²) in [6.45, 7) is 0. The zero-order valence-corrected chi connectivity index (χ0v) is 14.1. The van der Waals surface area contributed by atoms with Crippen molar-refractivity contribution in [1.82, 2.24) is 14.3 Å². The van der Waals surface area contributed by atoms with Crippen LogP contribution in [0.4, 0.5) is 13.2 Å². The molecule has 0 aliphatic rings. The molecular weight excluding hydrogens is 367 g/mol.